The zero-order valence-corrected chi connectivity index (χ0v) is 12.1. The maximum absolute atomic E-state index is 12.2. The van der Waals surface area contributed by atoms with Crippen LogP contribution in [0.15, 0.2) is 11.4 Å². The molecular formula is C15H20N2OS. The first-order valence-corrected chi connectivity index (χ1v) is 7.57. The molecule has 102 valence electrons. The number of nitrogens with one attached hydrogen (secondary N) is 1. The zero-order chi connectivity index (χ0) is 13.7. The van der Waals surface area contributed by atoms with Crippen molar-refractivity contribution in [2.75, 3.05) is 6.54 Å². The molecule has 0 aromatic carbocycles. The smallest absolute Gasteiger partial charge is 0.226 e. The summed E-state index contributed by atoms with van der Waals surface area (Å²) in [7, 11) is 0. The summed E-state index contributed by atoms with van der Waals surface area (Å²) in [6.45, 7) is 3.00. The Bertz CT molecular complexity index is 504. The van der Waals surface area contributed by atoms with E-state index in [1.165, 1.54) is 0 Å². The minimum absolute atomic E-state index is 0.166. The SMILES string of the molecule is CC1(C(=O)NCc2sccc2C#CCN)CCCC1. The number of hydrogen-bond acceptors (Lipinski definition) is 3. The van der Waals surface area contributed by atoms with E-state index in [-0.39, 0.29) is 11.3 Å². The average molecular weight is 276 g/mol. The van der Waals surface area contributed by atoms with Crippen LogP contribution in [0, 0.1) is 17.3 Å². The fourth-order valence-electron chi connectivity index (χ4n) is 2.49. The summed E-state index contributed by atoms with van der Waals surface area (Å²) in [4.78, 5) is 13.3. The van der Waals surface area contributed by atoms with Crippen molar-refractivity contribution in [1.29, 1.82) is 0 Å². The molecule has 0 saturated heterocycles. The summed E-state index contributed by atoms with van der Waals surface area (Å²) >= 11 is 1.63. The van der Waals surface area contributed by atoms with Gasteiger partial charge in [-0.15, -0.1) is 11.3 Å². The van der Waals surface area contributed by atoms with Gasteiger partial charge in [0.25, 0.3) is 0 Å². The van der Waals surface area contributed by atoms with E-state index in [0.29, 0.717) is 13.1 Å². The molecule has 1 amide bonds. The van der Waals surface area contributed by atoms with Crippen molar-refractivity contribution < 1.29 is 4.79 Å². The molecule has 0 spiro atoms. The van der Waals surface area contributed by atoms with E-state index >= 15 is 0 Å². The first-order chi connectivity index (χ1) is 9.15. The van der Waals surface area contributed by atoms with Gasteiger partial charge in [-0.25, -0.2) is 0 Å². The highest BCUT2D eigenvalue weighted by Crippen LogP contribution is 2.37. The molecule has 0 unspecified atom stereocenters. The molecule has 1 aliphatic carbocycles. The second kappa shape index (κ2) is 6.23. The largest absolute Gasteiger partial charge is 0.351 e. The highest BCUT2D eigenvalue weighted by Gasteiger charge is 2.35. The van der Waals surface area contributed by atoms with Crippen molar-refractivity contribution >= 4 is 17.2 Å². The Balaban J connectivity index is 1.95. The molecule has 1 fully saturated rings. The first kappa shape index (κ1) is 14.1. The molecule has 0 aliphatic heterocycles. The summed E-state index contributed by atoms with van der Waals surface area (Å²) < 4.78 is 0. The fraction of sp³-hybridized carbons (Fsp3) is 0.533. The number of rotatable bonds is 3. The lowest BCUT2D eigenvalue weighted by molar-refractivity contribution is -0.130. The normalized spacial score (nSPS) is 16.7. The van der Waals surface area contributed by atoms with E-state index in [0.717, 1.165) is 36.1 Å². The number of carbonyl (C=O) groups excluding carboxylic acids is 1. The van der Waals surface area contributed by atoms with Crippen LogP contribution in [0.4, 0.5) is 0 Å². The topological polar surface area (TPSA) is 55.1 Å². The highest BCUT2D eigenvalue weighted by atomic mass is 32.1. The van der Waals surface area contributed by atoms with Crippen LogP contribution >= 0.6 is 11.3 Å². The van der Waals surface area contributed by atoms with Crippen molar-refractivity contribution in [3.8, 4) is 11.8 Å². The van der Waals surface area contributed by atoms with Gasteiger partial charge in [0.2, 0.25) is 5.91 Å². The summed E-state index contributed by atoms with van der Waals surface area (Å²) in [6, 6.07) is 1.98. The van der Waals surface area contributed by atoms with Crippen molar-refractivity contribution in [2.45, 2.75) is 39.2 Å². The number of carbonyl (C=O) groups is 1. The first-order valence-electron chi connectivity index (χ1n) is 6.69. The third kappa shape index (κ3) is 3.37. The van der Waals surface area contributed by atoms with Crippen LogP contribution in [0.5, 0.6) is 0 Å². The minimum Gasteiger partial charge on any atom is -0.351 e. The molecule has 3 nitrogen and oxygen atoms in total. The van der Waals surface area contributed by atoms with Gasteiger partial charge in [0.05, 0.1) is 13.1 Å². The summed E-state index contributed by atoms with van der Waals surface area (Å²) in [5.41, 5.74) is 6.19. The van der Waals surface area contributed by atoms with Crippen molar-refractivity contribution in [1.82, 2.24) is 5.32 Å². The lowest BCUT2D eigenvalue weighted by Gasteiger charge is -2.22. The second-order valence-electron chi connectivity index (χ2n) is 5.21. The van der Waals surface area contributed by atoms with E-state index in [1.54, 1.807) is 11.3 Å². The van der Waals surface area contributed by atoms with Crippen molar-refractivity contribution in [3.63, 3.8) is 0 Å². The van der Waals surface area contributed by atoms with Gasteiger partial charge in [-0.2, -0.15) is 0 Å². The van der Waals surface area contributed by atoms with E-state index in [9.17, 15) is 4.79 Å². The van der Waals surface area contributed by atoms with Gasteiger partial charge in [0.1, 0.15) is 0 Å². The van der Waals surface area contributed by atoms with Crippen LogP contribution in [0.2, 0.25) is 0 Å². The molecule has 1 heterocycles. The van der Waals surface area contributed by atoms with Crippen LogP contribution in [-0.4, -0.2) is 12.5 Å². The molecule has 0 atom stereocenters. The molecule has 4 heteroatoms. The van der Waals surface area contributed by atoms with Gasteiger partial charge in [0.15, 0.2) is 0 Å². The Morgan fingerprint density at radius 2 is 2.26 bits per heavy atom. The van der Waals surface area contributed by atoms with Crippen LogP contribution < -0.4 is 11.1 Å². The van der Waals surface area contributed by atoms with Gasteiger partial charge < -0.3 is 11.1 Å². The number of hydrogen-bond donors (Lipinski definition) is 2. The monoisotopic (exact) mass is 276 g/mol. The summed E-state index contributed by atoms with van der Waals surface area (Å²) in [6.07, 6.45) is 4.33. The molecule has 2 rings (SSSR count). The molecule has 1 aliphatic rings. The second-order valence-corrected chi connectivity index (χ2v) is 6.21. The maximum atomic E-state index is 12.2. The molecule has 0 bridgehead atoms. The quantitative estimate of drug-likeness (QED) is 0.832. The lowest BCUT2D eigenvalue weighted by atomic mass is 9.88. The molecule has 1 saturated carbocycles. The number of nitrogens with two attached hydrogens (primary N) is 1. The predicted octanol–water partition coefficient (Wildman–Crippen LogP) is 2.25. The van der Waals surface area contributed by atoms with Crippen molar-refractivity contribution in [2.24, 2.45) is 11.1 Å². The third-order valence-corrected chi connectivity index (χ3v) is 4.66. The fourth-order valence-corrected chi connectivity index (χ4v) is 3.26. The Labute approximate surface area is 118 Å². The van der Waals surface area contributed by atoms with E-state index < -0.39 is 0 Å². The molecule has 1 aromatic rings. The Morgan fingerprint density at radius 1 is 1.53 bits per heavy atom. The van der Waals surface area contributed by atoms with Gasteiger partial charge in [-0.05, 0) is 24.3 Å². The van der Waals surface area contributed by atoms with Crippen LogP contribution in [0.3, 0.4) is 0 Å². The summed E-state index contributed by atoms with van der Waals surface area (Å²) in [5, 5.41) is 5.06. The van der Waals surface area contributed by atoms with E-state index in [1.807, 2.05) is 11.4 Å². The maximum Gasteiger partial charge on any atom is 0.226 e. The third-order valence-electron chi connectivity index (χ3n) is 3.74. The Kier molecular flexibility index (Phi) is 4.62. The Hall–Kier alpha value is -1.31. The molecule has 1 aromatic heterocycles. The highest BCUT2D eigenvalue weighted by molar-refractivity contribution is 7.10. The van der Waals surface area contributed by atoms with Crippen LogP contribution in [0.1, 0.15) is 43.0 Å². The number of amides is 1. The lowest BCUT2D eigenvalue weighted by Crippen LogP contribution is -2.36. The number of thiophene rings is 1. The minimum atomic E-state index is -0.166. The van der Waals surface area contributed by atoms with Gasteiger partial charge in [-0.1, -0.05) is 31.6 Å². The van der Waals surface area contributed by atoms with Crippen molar-refractivity contribution in [3.05, 3.63) is 21.9 Å². The molecular weight excluding hydrogens is 256 g/mol. The molecule has 3 N–H and O–H groups in total. The van der Waals surface area contributed by atoms with E-state index in [2.05, 4.69) is 24.1 Å². The average Bonchev–Trinajstić information content (AvgIpc) is 3.03. The molecule has 0 radical (unpaired) electrons. The molecule has 19 heavy (non-hydrogen) atoms. The standard InChI is InChI=1S/C15H20N2OS/c1-15(7-2-3-8-15)14(18)17-11-13-12(5-4-9-16)6-10-19-13/h6,10H,2-3,7-9,11,16H2,1H3,(H,17,18). The van der Waals surface area contributed by atoms with Gasteiger partial charge in [-0.3, -0.25) is 4.79 Å². The van der Waals surface area contributed by atoms with Gasteiger partial charge in [0, 0.05) is 15.9 Å². The van der Waals surface area contributed by atoms with Gasteiger partial charge >= 0.3 is 0 Å². The predicted molar refractivity (Wildman–Crippen MR) is 78.7 cm³/mol. The van der Waals surface area contributed by atoms with E-state index in [4.69, 9.17) is 5.73 Å². The summed E-state index contributed by atoms with van der Waals surface area (Å²) in [5.74, 6) is 6.07. The zero-order valence-electron chi connectivity index (χ0n) is 11.3. The Morgan fingerprint density at radius 3 is 2.95 bits per heavy atom. The van der Waals surface area contributed by atoms with Crippen LogP contribution in [0.25, 0.3) is 0 Å². The van der Waals surface area contributed by atoms with Crippen LogP contribution in [-0.2, 0) is 11.3 Å².